The molecule has 0 aromatic heterocycles. The molecule has 188 valence electrons. The highest BCUT2D eigenvalue weighted by atomic mass is 79.9. The molecule has 0 spiro atoms. The predicted molar refractivity (Wildman–Crippen MR) is 143 cm³/mol. The van der Waals surface area contributed by atoms with Crippen LogP contribution >= 0.6 is 15.9 Å². The van der Waals surface area contributed by atoms with E-state index in [1.54, 1.807) is 7.11 Å². The molecule has 2 aliphatic rings. The van der Waals surface area contributed by atoms with Gasteiger partial charge in [-0.1, -0.05) is 59.6 Å². The van der Waals surface area contributed by atoms with E-state index in [0.717, 1.165) is 21.3 Å². The second kappa shape index (κ2) is 10.5. The number of carbonyl (C=O) groups is 1. The summed E-state index contributed by atoms with van der Waals surface area (Å²) in [6.45, 7) is 7.50. The monoisotopic (exact) mass is 549 g/mol. The summed E-state index contributed by atoms with van der Waals surface area (Å²) < 4.78 is 12.4. The Hall–Kier alpha value is -3.08. The van der Waals surface area contributed by atoms with Gasteiger partial charge < -0.3 is 20.1 Å². The number of aryl methyl sites for hydroxylation is 1. The number of ether oxygens (including phenoxy) is 2. The summed E-state index contributed by atoms with van der Waals surface area (Å²) in [5, 5.41) is 10.3. The maximum atomic E-state index is 13.7. The molecule has 7 heteroatoms. The lowest BCUT2D eigenvalue weighted by Gasteiger charge is -2.44. The van der Waals surface area contributed by atoms with Crippen molar-refractivity contribution in [3.63, 3.8) is 0 Å². The van der Waals surface area contributed by atoms with Crippen molar-refractivity contribution in [3.8, 4) is 11.8 Å². The normalized spacial score (nSPS) is 19.3. The van der Waals surface area contributed by atoms with Crippen LogP contribution in [0, 0.1) is 23.7 Å². The molecule has 1 aliphatic carbocycles. The van der Waals surface area contributed by atoms with Crippen LogP contribution in [-0.2, 0) is 16.1 Å². The Kier molecular flexibility index (Phi) is 7.58. The van der Waals surface area contributed by atoms with Gasteiger partial charge in [0.05, 0.1) is 24.2 Å². The van der Waals surface area contributed by atoms with Crippen molar-refractivity contribution < 1.29 is 14.3 Å². The molecular weight excluding hydrogens is 518 g/mol. The van der Waals surface area contributed by atoms with Crippen LogP contribution in [0.25, 0.3) is 0 Å². The van der Waals surface area contributed by atoms with Crippen molar-refractivity contribution in [1.82, 2.24) is 4.90 Å². The molecule has 6 nitrogen and oxygen atoms in total. The molecule has 1 heterocycles. The molecule has 4 rings (SSSR count). The van der Waals surface area contributed by atoms with E-state index < -0.39 is 5.92 Å². The second-order valence-electron chi connectivity index (χ2n) is 10.2. The fraction of sp³-hybridized carbons (Fsp3) is 0.379. The number of carbonyl (C=O) groups excluding carboxylic acids is 1. The van der Waals surface area contributed by atoms with Crippen molar-refractivity contribution in [2.75, 3.05) is 20.3 Å². The first-order chi connectivity index (χ1) is 17.1. The highest BCUT2D eigenvalue weighted by Gasteiger charge is 2.45. The van der Waals surface area contributed by atoms with Gasteiger partial charge in [-0.05, 0) is 42.5 Å². The van der Waals surface area contributed by atoms with Gasteiger partial charge in [-0.25, -0.2) is 0 Å². The Morgan fingerprint density at radius 2 is 1.92 bits per heavy atom. The lowest BCUT2D eigenvalue weighted by Crippen LogP contribution is -2.43. The van der Waals surface area contributed by atoms with E-state index in [-0.39, 0.29) is 11.2 Å². The number of nitrogens with zero attached hydrogens (tertiary/aromatic N) is 2. The Balaban J connectivity index is 1.84. The Morgan fingerprint density at radius 3 is 2.58 bits per heavy atom. The van der Waals surface area contributed by atoms with E-state index >= 15 is 0 Å². The maximum Gasteiger partial charge on any atom is 0.162 e. The van der Waals surface area contributed by atoms with Crippen LogP contribution in [0.5, 0.6) is 5.75 Å². The van der Waals surface area contributed by atoms with Gasteiger partial charge in [-0.3, -0.25) is 4.79 Å². The molecule has 2 aromatic rings. The zero-order valence-corrected chi connectivity index (χ0v) is 22.8. The number of ketones is 1. The summed E-state index contributed by atoms with van der Waals surface area (Å²) in [6.07, 6.45) is 1.09. The van der Waals surface area contributed by atoms with Crippen LogP contribution in [-0.4, -0.2) is 30.9 Å². The van der Waals surface area contributed by atoms with Gasteiger partial charge in [0.1, 0.15) is 18.2 Å². The largest absolute Gasteiger partial charge is 0.489 e. The average molecular weight is 550 g/mol. The van der Waals surface area contributed by atoms with Crippen molar-refractivity contribution in [1.29, 1.82) is 5.26 Å². The number of allylic oxidation sites excluding steroid dienone is 3. The van der Waals surface area contributed by atoms with Gasteiger partial charge in [0.25, 0.3) is 0 Å². The van der Waals surface area contributed by atoms with Crippen molar-refractivity contribution in [2.24, 2.45) is 11.1 Å². The average Bonchev–Trinajstić information content (AvgIpc) is 2.82. The summed E-state index contributed by atoms with van der Waals surface area (Å²) in [4.78, 5) is 15.6. The second-order valence-corrected chi connectivity index (χ2v) is 11.2. The maximum absolute atomic E-state index is 13.7. The lowest BCUT2D eigenvalue weighted by molar-refractivity contribution is -0.118. The van der Waals surface area contributed by atoms with E-state index in [2.05, 4.69) is 35.8 Å². The number of halogens is 1. The van der Waals surface area contributed by atoms with Crippen LogP contribution in [0.2, 0.25) is 0 Å². The third kappa shape index (κ3) is 5.21. The van der Waals surface area contributed by atoms with Crippen LogP contribution in [0.15, 0.2) is 69.6 Å². The van der Waals surface area contributed by atoms with Gasteiger partial charge in [-0.15, -0.1) is 0 Å². The zero-order valence-electron chi connectivity index (χ0n) is 21.2. The highest BCUT2D eigenvalue weighted by molar-refractivity contribution is 9.10. The third-order valence-electron chi connectivity index (χ3n) is 6.80. The Labute approximate surface area is 221 Å². The molecule has 1 aliphatic heterocycles. The summed E-state index contributed by atoms with van der Waals surface area (Å²) in [6, 6.07) is 16.2. The Morgan fingerprint density at radius 1 is 1.19 bits per heavy atom. The standard InChI is InChI=1S/C29H32BrN3O3/c1-18-5-7-19(8-6-18)17-36-25-10-9-20(30)13-21(25)26-22(16-31)28(32)33(11-12-35-4)23-14-29(2,3)15-24(34)27(23)26/h5-10,13,26H,11-12,14-15,17,32H2,1-4H3/t26-/m0/s1. The molecule has 2 aromatic carbocycles. The number of Topliss-reactive ketones (excluding diaryl/α,β-unsaturated/α-hetero) is 1. The molecule has 36 heavy (non-hydrogen) atoms. The van der Waals surface area contributed by atoms with E-state index in [4.69, 9.17) is 15.2 Å². The first-order valence-electron chi connectivity index (χ1n) is 12.1. The quantitative estimate of drug-likeness (QED) is 0.475. The first kappa shape index (κ1) is 26.0. The number of hydrogen-bond acceptors (Lipinski definition) is 6. The molecule has 0 unspecified atom stereocenters. The molecule has 0 amide bonds. The van der Waals surface area contributed by atoms with Gasteiger partial charge in [0, 0.05) is 41.4 Å². The zero-order chi connectivity index (χ0) is 26.0. The van der Waals surface area contributed by atoms with Crippen LogP contribution in [0.1, 0.15) is 49.3 Å². The van der Waals surface area contributed by atoms with Crippen molar-refractivity contribution in [2.45, 2.75) is 46.1 Å². The van der Waals surface area contributed by atoms with Gasteiger partial charge in [0.2, 0.25) is 0 Å². The van der Waals surface area contributed by atoms with E-state index in [1.165, 1.54) is 5.56 Å². The van der Waals surface area contributed by atoms with Crippen molar-refractivity contribution >= 4 is 21.7 Å². The molecule has 0 radical (unpaired) electrons. The third-order valence-corrected chi connectivity index (χ3v) is 7.30. The fourth-order valence-corrected chi connectivity index (χ4v) is 5.42. The number of benzene rings is 2. The minimum Gasteiger partial charge on any atom is -0.489 e. The first-order valence-corrected chi connectivity index (χ1v) is 12.8. The number of rotatable bonds is 7. The number of nitriles is 1. The van der Waals surface area contributed by atoms with Gasteiger partial charge in [0.15, 0.2) is 5.78 Å². The minimum absolute atomic E-state index is 0.0402. The topological polar surface area (TPSA) is 88.6 Å². The molecule has 0 saturated heterocycles. The van der Waals surface area contributed by atoms with Gasteiger partial charge in [-0.2, -0.15) is 5.26 Å². The van der Waals surface area contributed by atoms with Crippen LogP contribution in [0.3, 0.4) is 0 Å². The summed E-state index contributed by atoms with van der Waals surface area (Å²) >= 11 is 3.58. The van der Waals surface area contributed by atoms with Crippen molar-refractivity contribution in [3.05, 3.63) is 86.3 Å². The number of hydrogen-bond donors (Lipinski definition) is 1. The molecule has 0 fully saturated rings. The minimum atomic E-state index is -0.599. The molecule has 2 N–H and O–H groups in total. The molecular formula is C29H32BrN3O3. The number of nitrogens with two attached hydrogens (primary N) is 1. The van der Waals surface area contributed by atoms with Crippen LogP contribution < -0.4 is 10.5 Å². The molecule has 0 bridgehead atoms. The van der Waals surface area contributed by atoms with Gasteiger partial charge >= 0.3 is 0 Å². The lowest BCUT2D eigenvalue weighted by atomic mass is 9.68. The highest BCUT2D eigenvalue weighted by Crippen LogP contribution is 2.50. The SMILES string of the molecule is COCCN1C(N)=C(C#N)[C@H](c2cc(Br)ccc2OCc2ccc(C)cc2)C2=C1CC(C)(C)CC2=O. The number of methoxy groups -OCH3 is 1. The van der Waals surface area contributed by atoms with E-state index in [0.29, 0.717) is 55.3 Å². The molecule has 1 atom stereocenters. The predicted octanol–water partition coefficient (Wildman–Crippen LogP) is 5.72. The summed E-state index contributed by atoms with van der Waals surface area (Å²) in [7, 11) is 1.63. The van der Waals surface area contributed by atoms with Crippen LogP contribution in [0.4, 0.5) is 0 Å². The smallest absolute Gasteiger partial charge is 0.162 e. The Bertz CT molecular complexity index is 1270. The molecule has 0 saturated carbocycles. The fourth-order valence-electron chi connectivity index (χ4n) is 5.05. The van der Waals surface area contributed by atoms with E-state index in [1.807, 2.05) is 54.3 Å². The summed E-state index contributed by atoms with van der Waals surface area (Å²) in [5.41, 5.74) is 11.3. The summed E-state index contributed by atoms with van der Waals surface area (Å²) in [5.74, 6) is 0.434. The van der Waals surface area contributed by atoms with E-state index in [9.17, 15) is 10.1 Å².